The largest absolute Gasteiger partial charge is 0.390 e. The topological polar surface area (TPSA) is 55.1 Å². The number of rotatable bonds is 4. The smallest absolute Gasteiger partial charge is 0.254 e. The van der Waals surface area contributed by atoms with Gasteiger partial charge in [-0.05, 0) is 36.1 Å². The van der Waals surface area contributed by atoms with Crippen LogP contribution in [0.25, 0.3) is 0 Å². The molecule has 0 saturated heterocycles. The van der Waals surface area contributed by atoms with E-state index in [1.807, 2.05) is 12.3 Å². The highest BCUT2D eigenvalue weighted by Gasteiger charge is 2.30. The van der Waals surface area contributed by atoms with Crippen LogP contribution in [0, 0.1) is 0 Å². The molecule has 15 heavy (non-hydrogen) atoms. The summed E-state index contributed by atoms with van der Waals surface area (Å²) in [7, 11) is 0. The average Bonchev–Trinajstić information content (AvgIpc) is 2.99. The predicted molar refractivity (Wildman–Crippen MR) is 63.3 cm³/mol. The van der Waals surface area contributed by atoms with E-state index in [9.17, 15) is 4.79 Å². The third-order valence-corrected chi connectivity index (χ3v) is 3.46. The Labute approximate surface area is 93.7 Å². The van der Waals surface area contributed by atoms with E-state index in [2.05, 4.69) is 5.32 Å². The van der Waals surface area contributed by atoms with Crippen LogP contribution in [0.5, 0.6) is 0 Å². The van der Waals surface area contributed by atoms with Crippen LogP contribution in [0.4, 0.5) is 5.00 Å². The van der Waals surface area contributed by atoms with E-state index < -0.39 is 0 Å². The highest BCUT2D eigenvalue weighted by atomic mass is 32.1. The molecule has 0 unspecified atom stereocenters. The number of nitrogens with two attached hydrogens (primary N) is 1. The molecule has 0 atom stereocenters. The fraction of sp³-hybridized carbons (Fsp3) is 0.545. The summed E-state index contributed by atoms with van der Waals surface area (Å²) in [5, 5.41) is 5.58. The normalized spacial score (nSPS) is 15.3. The van der Waals surface area contributed by atoms with Crippen molar-refractivity contribution in [2.45, 2.75) is 32.1 Å². The van der Waals surface area contributed by atoms with E-state index in [1.54, 1.807) is 0 Å². The number of hydrogen-bond acceptors (Lipinski definition) is 3. The van der Waals surface area contributed by atoms with Crippen molar-refractivity contribution in [1.82, 2.24) is 5.32 Å². The first-order chi connectivity index (χ1) is 7.24. The Morgan fingerprint density at radius 3 is 3.00 bits per heavy atom. The van der Waals surface area contributed by atoms with Crippen molar-refractivity contribution in [2.24, 2.45) is 0 Å². The molecule has 1 aromatic rings. The Bertz CT molecular complexity index is 369. The second-order valence-corrected chi connectivity index (χ2v) is 4.87. The number of hydrogen-bond donors (Lipinski definition) is 2. The lowest BCUT2D eigenvalue weighted by Crippen LogP contribution is -2.25. The maximum Gasteiger partial charge on any atom is 0.254 e. The minimum Gasteiger partial charge on any atom is -0.390 e. The fourth-order valence-corrected chi connectivity index (χ4v) is 2.54. The van der Waals surface area contributed by atoms with E-state index in [-0.39, 0.29) is 5.91 Å². The molecule has 82 valence electrons. The molecule has 1 aliphatic carbocycles. The maximum absolute atomic E-state index is 11.9. The molecule has 1 saturated carbocycles. The lowest BCUT2D eigenvalue weighted by Gasteiger charge is -2.05. The van der Waals surface area contributed by atoms with E-state index in [4.69, 9.17) is 5.73 Å². The molecule has 0 aliphatic heterocycles. The predicted octanol–water partition coefficient (Wildman–Crippen LogP) is 2.35. The van der Waals surface area contributed by atoms with Crippen LogP contribution in [0.15, 0.2) is 5.38 Å². The third kappa shape index (κ3) is 2.15. The summed E-state index contributed by atoms with van der Waals surface area (Å²) in [6.45, 7) is 2.76. The molecule has 3 N–H and O–H groups in total. The van der Waals surface area contributed by atoms with Gasteiger partial charge in [0, 0.05) is 6.54 Å². The number of nitrogen functional groups attached to an aromatic ring is 1. The zero-order valence-electron chi connectivity index (χ0n) is 8.88. The van der Waals surface area contributed by atoms with Gasteiger partial charge in [-0.3, -0.25) is 4.79 Å². The Kier molecular flexibility index (Phi) is 2.95. The molecular formula is C11H16N2OS. The molecular weight excluding hydrogens is 208 g/mol. The third-order valence-electron chi connectivity index (χ3n) is 2.63. The van der Waals surface area contributed by atoms with Gasteiger partial charge in [0.15, 0.2) is 0 Å². The van der Waals surface area contributed by atoms with Gasteiger partial charge in [0.1, 0.15) is 0 Å². The lowest BCUT2D eigenvalue weighted by atomic mass is 10.1. The fourth-order valence-electron chi connectivity index (χ4n) is 1.65. The van der Waals surface area contributed by atoms with Crippen LogP contribution in [-0.4, -0.2) is 12.5 Å². The SMILES string of the molecule is CCCNC(=O)c1c(C2CC2)csc1N. The van der Waals surface area contributed by atoms with Crippen LogP contribution >= 0.6 is 11.3 Å². The highest BCUT2D eigenvalue weighted by Crippen LogP contribution is 2.45. The first-order valence-electron chi connectivity index (χ1n) is 5.39. The van der Waals surface area contributed by atoms with Gasteiger partial charge in [-0.1, -0.05) is 6.92 Å². The summed E-state index contributed by atoms with van der Waals surface area (Å²) in [6.07, 6.45) is 3.35. The standard InChI is InChI=1S/C11H16N2OS/c1-2-5-13-11(14)9-8(7-3-4-7)6-15-10(9)12/h6-7H,2-5,12H2,1H3,(H,13,14). The van der Waals surface area contributed by atoms with Gasteiger partial charge in [-0.15, -0.1) is 11.3 Å². The van der Waals surface area contributed by atoms with Crippen molar-refractivity contribution < 1.29 is 4.79 Å². The van der Waals surface area contributed by atoms with Crippen molar-refractivity contribution in [2.75, 3.05) is 12.3 Å². The lowest BCUT2D eigenvalue weighted by molar-refractivity contribution is 0.0954. The molecule has 0 radical (unpaired) electrons. The molecule has 0 bridgehead atoms. The van der Waals surface area contributed by atoms with Gasteiger partial charge in [-0.2, -0.15) is 0 Å². The first kappa shape index (κ1) is 10.5. The Morgan fingerprint density at radius 1 is 1.67 bits per heavy atom. The van der Waals surface area contributed by atoms with Crippen LogP contribution < -0.4 is 11.1 Å². The van der Waals surface area contributed by atoms with Gasteiger partial charge < -0.3 is 11.1 Å². The average molecular weight is 224 g/mol. The van der Waals surface area contributed by atoms with Crippen LogP contribution in [0.3, 0.4) is 0 Å². The van der Waals surface area contributed by atoms with Crippen molar-refractivity contribution in [3.63, 3.8) is 0 Å². The summed E-state index contributed by atoms with van der Waals surface area (Å²) >= 11 is 1.48. The quantitative estimate of drug-likeness (QED) is 0.824. The number of nitrogens with one attached hydrogen (secondary N) is 1. The molecule has 4 heteroatoms. The number of amides is 1. The van der Waals surface area contributed by atoms with Gasteiger partial charge in [0.2, 0.25) is 0 Å². The van der Waals surface area contributed by atoms with Crippen LogP contribution in [0.2, 0.25) is 0 Å². The maximum atomic E-state index is 11.9. The second-order valence-electron chi connectivity index (χ2n) is 3.96. The summed E-state index contributed by atoms with van der Waals surface area (Å²) < 4.78 is 0. The zero-order valence-corrected chi connectivity index (χ0v) is 9.69. The number of thiophene rings is 1. The molecule has 1 fully saturated rings. The van der Waals surface area contributed by atoms with E-state index in [1.165, 1.54) is 24.2 Å². The van der Waals surface area contributed by atoms with Crippen molar-refractivity contribution in [3.05, 3.63) is 16.5 Å². The van der Waals surface area contributed by atoms with Crippen LogP contribution in [-0.2, 0) is 0 Å². The summed E-state index contributed by atoms with van der Waals surface area (Å²) in [6, 6.07) is 0. The van der Waals surface area contributed by atoms with E-state index in [0.717, 1.165) is 24.1 Å². The Balaban J connectivity index is 2.17. The van der Waals surface area contributed by atoms with Gasteiger partial charge in [0.05, 0.1) is 10.6 Å². The number of carbonyl (C=O) groups excluding carboxylic acids is 1. The second kappa shape index (κ2) is 4.23. The first-order valence-corrected chi connectivity index (χ1v) is 6.27. The Morgan fingerprint density at radius 2 is 2.40 bits per heavy atom. The number of carbonyl (C=O) groups is 1. The van der Waals surface area contributed by atoms with Crippen molar-refractivity contribution in [1.29, 1.82) is 0 Å². The van der Waals surface area contributed by atoms with Crippen LogP contribution in [0.1, 0.15) is 48.0 Å². The summed E-state index contributed by atoms with van der Waals surface area (Å²) in [4.78, 5) is 11.9. The van der Waals surface area contributed by atoms with Crippen molar-refractivity contribution >= 4 is 22.2 Å². The molecule has 2 rings (SSSR count). The molecule has 0 spiro atoms. The van der Waals surface area contributed by atoms with E-state index >= 15 is 0 Å². The van der Waals surface area contributed by atoms with Gasteiger partial charge in [-0.25, -0.2) is 0 Å². The van der Waals surface area contributed by atoms with Gasteiger partial charge in [0.25, 0.3) is 5.91 Å². The molecule has 0 aromatic carbocycles. The molecule has 1 amide bonds. The molecule has 1 aliphatic rings. The highest BCUT2D eigenvalue weighted by molar-refractivity contribution is 7.14. The van der Waals surface area contributed by atoms with E-state index in [0.29, 0.717) is 10.9 Å². The molecule has 1 heterocycles. The summed E-state index contributed by atoms with van der Waals surface area (Å²) in [5.74, 6) is 0.582. The minimum absolute atomic E-state index is 0.00231. The monoisotopic (exact) mass is 224 g/mol. The number of anilines is 1. The zero-order chi connectivity index (χ0) is 10.8. The minimum atomic E-state index is -0.00231. The molecule has 3 nitrogen and oxygen atoms in total. The summed E-state index contributed by atoms with van der Waals surface area (Å²) in [5.41, 5.74) is 7.73. The molecule has 1 aromatic heterocycles. The van der Waals surface area contributed by atoms with Gasteiger partial charge >= 0.3 is 0 Å². The van der Waals surface area contributed by atoms with Crippen molar-refractivity contribution in [3.8, 4) is 0 Å². The Hall–Kier alpha value is -1.03.